The number of nitrogens with zero attached hydrogens (tertiary/aromatic N) is 1. The fraction of sp³-hybridized carbons (Fsp3) is 0.0500. The molecule has 1 aromatic heterocycles. The Kier molecular flexibility index (Phi) is 5.34. The number of aromatic nitrogens is 1. The Morgan fingerprint density at radius 1 is 0.846 bits per heavy atom. The van der Waals surface area contributed by atoms with Gasteiger partial charge in [0.15, 0.2) is 0 Å². The number of rotatable bonds is 5. The summed E-state index contributed by atoms with van der Waals surface area (Å²) in [6.07, 6.45) is 0. The van der Waals surface area contributed by atoms with Crippen LogP contribution in [0.5, 0.6) is 0 Å². The van der Waals surface area contributed by atoms with Crippen molar-refractivity contribution in [1.29, 1.82) is 0 Å². The van der Waals surface area contributed by atoms with Crippen molar-refractivity contribution in [2.45, 2.75) is 6.54 Å². The average molecular weight is 349 g/mol. The molecule has 130 valence electrons. The van der Waals surface area contributed by atoms with Crippen LogP contribution in [0.15, 0.2) is 72.8 Å². The molecule has 0 saturated carbocycles. The zero-order chi connectivity index (χ0) is 18.4. The fourth-order valence-electron chi connectivity index (χ4n) is 2.32. The highest BCUT2D eigenvalue weighted by molar-refractivity contribution is 6.03. The van der Waals surface area contributed by atoms with Gasteiger partial charge in [-0.05, 0) is 35.9 Å². The highest BCUT2D eigenvalue weighted by Crippen LogP contribution is 2.11. The number of hydrogen-bond acceptors (Lipinski definition) is 3. The van der Waals surface area contributed by atoms with Gasteiger partial charge >= 0.3 is 0 Å². The molecule has 0 bridgehead atoms. The van der Waals surface area contributed by atoms with Crippen molar-refractivity contribution >= 4 is 17.5 Å². The third-order valence-electron chi connectivity index (χ3n) is 3.59. The SMILES string of the molecule is O=C(NCc1ccccc1)c1cccc(C(=O)Nc2cccc(F)c2)n1. The molecular formula is C20H16FN3O2. The first-order chi connectivity index (χ1) is 12.6. The van der Waals surface area contributed by atoms with Crippen LogP contribution in [0.1, 0.15) is 26.5 Å². The number of amides is 2. The minimum absolute atomic E-state index is 0.0709. The molecule has 26 heavy (non-hydrogen) atoms. The van der Waals surface area contributed by atoms with E-state index in [9.17, 15) is 14.0 Å². The standard InChI is InChI=1S/C20H16FN3O2/c21-15-8-4-9-16(12-15)23-20(26)18-11-5-10-17(24-18)19(25)22-13-14-6-2-1-3-7-14/h1-12H,13H2,(H,22,25)(H,23,26). The molecule has 5 nitrogen and oxygen atoms in total. The third-order valence-corrected chi connectivity index (χ3v) is 3.59. The number of halogens is 1. The Bertz CT molecular complexity index is 929. The summed E-state index contributed by atoms with van der Waals surface area (Å²) in [6.45, 7) is 0.362. The minimum Gasteiger partial charge on any atom is -0.347 e. The molecule has 0 spiro atoms. The first-order valence-electron chi connectivity index (χ1n) is 7.98. The maximum absolute atomic E-state index is 13.2. The van der Waals surface area contributed by atoms with Crippen LogP contribution in [0, 0.1) is 5.82 Å². The molecule has 2 aromatic carbocycles. The molecule has 2 amide bonds. The monoisotopic (exact) mass is 349 g/mol. The summed E-state index contributed by atoms with van der Waals surface area (Å²) in [5.74, 6) is -1.35. The van der Waals surface area contributed by atoms with Crippen molar-refractivity contribution in [2.75, 3.05) is 5.32 Å². The van der Waals surface area contributed by atoms with Crippen LogP contribution >= 0.6 is 0 Å². The molecular weight excluding hydrogens is 333 g/mol. The van der Waals surface area contributed by atoms with Gasteiger partial charge in [0.05, 0.1) is 0 Å². The predicted molar refractivity (Wildman–Crippen MR) is 96.2 cm³/mol. The Labute approximate surface area is 149 Å². The minimum atomic E-state index is -0.520. The van der Waals surface area contributed by atoms with Crippen LogP contribution < -0.4 is 10.6 Å². The lowest BCUT2D eigenvalue weighted by Crippen LogP contribution is -2.25. The quantitative estimate of drug-likeness (QED) is 0.742. The second-order valence-electron chi connectivity index (χ2n) is 5.54. The van der Waals surface area contributed by atoms with Crippen molar-refractivity contribution in [3.63, 3.8) is 0 Å². The zero-order valence-corrected chi connectivity index (χ0v) is 13.8. The highest BCUT2D eigenvalue weighted by Gasteiger charge is 2.12. The first kappa shape index (κ1) is 17.3. The van der Waals surface area contributed by atoms with Crippen molar-refractivity contribution in [3.8, 4) is 0 Å². The molecule has 0 aliphatic heterocycles. The Hall–Kier alpha value is -3.54. The number of nitrogens with one attached hydrogen (secondary N) is 2. The van der Waals surface area contributed by atoms with E-state index in [-0.39, 0.29) is 17.3 Å². The smallest absolute Gasteiger partial charge is 0.274 e. The second-order valence-corrected chi connectivity index (χ2v) is 5.54. The van der Waals surface area contributed by atoms with Gasteiger partial charge in [0.1, 0.15) is 17.2 Å². The van der Waals surface area contributed by atoms with Crippen molar-refractivity contribution < 1.29 is 14.0 Å². The number of pyridine rings is 1. The second kappa shape index (κ2) is 8.02. The van der Waals surface area contributed by atoms with Crippen molar-refractivity contribution in [3.05, 3.63) is 95.6 Å². The Morgan fingerprint density at radius 3 is 2.27 bits per heavy atom. The molecule has 0 radical (unpaired) electrons. The molecule has 3 rings (SSSR count). The Balaban J connectivity index is 1.67. The van der Waals surface area contributed by atoms with E-state index in [4.69, 9.17) is 0 Å². The van der Waals surface area contributed by atoms with Gasteiger partial charge in [-0.2, -0.15) is 0 Å². The van der Waals surface area contributed by atoms with Gasteiger partial charge in [-0.15, -0.1) is 0 Å². The lowest BCUT2D eigenvalue weighted by atomic mass is 10.2. The van der Waals surface area contributed by atoms with Gasteiger partial charge in [-0.1, -0.05) is 42.5 Å². The van der Waals surface area contributed by atoms with Crippen LogP contribution in [0.25, 0.3) is 0 Å². The number of carbonyl (C=O) groups excluding carboxylic acids is 2. The van der Waals surface area contributed by atoms with E-state index < -0.39 is 11.7 Å². The maximum Gasteiger partial charge on any atom is 0.274 e. The van der Waals surface area contributed by atoms with Gasteiger partial charge in [-0.3, -0.25) is 9.59 Å². The summed E-state index contributed by atoms with van der Waals surface area (Å²) >= 11 is 0. The Morgan fingerprint density at radius 2 is 1.54 bits per heavy atom. The summed E-state index contributed by atoms with van der Waals surface area (Å²) < 4.78 is 13.2. The summed E-state index contributed by atoms with van der Waals surface area (Å²) in [6, 6.07) is 19.6. The molecule has 0 aliphatic rings. The first-order valence-corrected chi connectivity index (χ1v) is 7.98. The van der Waals surface area contributed by atoms with Crippen LogP contribution in [0.3, 0.4) is 0 Å². The number of anilines is 1. The maximum atomic E-state index is 13.2. The number of benzene rings is 2. The van der Waals surface area contributed by atoms with Crippen LogP contribution in [-0.2, 0) is 6.54 Å². The van der Waals surface area contributed by atoms with E-state index in [1.54, 1.807) is 12.1 Å². The lowest BCUT2D eigenvalue weighted by Gasteiger charge is -2.07. The molecule has 0 unspecified atom stereocenters. The molecule has 0 atom stereocenters. The molecule has 0 fully saturated rings. The third kappa shape index (κ3) is 4.51. The molecule has 1 heterocycles. The summed E-state index contributed by atoms with van der Waals surface area (Å²) in [5, 5.41) is 5.31. The van der Waals surface area contributed by atoms with E-state index >= 15 is 0 Å². The van der Waals surface area contributed by atoms with Gasteiger partial charge in [-0.25, -0.2) is 9.37 Å². The normalized spacial score (nSPS) is 10.2. The molecule has 2 N–H and O–H groups in total. The van der Waals surface area contributed by atoms with Crippen LogP contribution in [0.2, 0.25) is 0 Å². The highest BCUT2D eigenvalue weighted by atomic mass is 19.1. The van der Waals surface area contributed by atoms with Gasteiger partial charge in [0.25, 0.3) is 11.8 Å². The summed E-state index contributed by atoms with van der Waals surface area (Å²) in [4.78, 5) is 28.6. The lowest BCUT2D eigenvalue weighted by molar-refractivity contribution is 0.0945. The fourth-order valence-corrected chi connectivity index (χ4v) is 2.32. The largest absolute Gasteiger partial charge is 0.347 e. The number of hydrogen-bond donors (Lipinski definition) is 2. The van der Waals surface area contributed by atoms with Gasteiger partial charge in [0.2, 0.25) is 0 Å². The van der Waals surface area contributed by atoms with E-state index in [1.165, 1.54) is 30.3 Å². The summed E-state index contributed by atoms with van der Waals surface area (Å²) in [7, 11) is 0. The van der Waals surface area contributed by atoms with Crippen molar-refractivity contribution in [2.24, 2.45) is 0 Å². The van der Waals surface area contributed by atoms with E-state index in [0.29, 0.717) is 12.2 Å². The molecule has 0 saturated heterocycles. The van der Waals surface area contributed by atoms with Crippen LogP contribution in [0.4, 0.5) is 10.1 Å². The van der Waals surface area contributed by atoms with E-state index in [1.807, 2.05) is 30.3 Å². The predicted octanol–water partition coefficient (Wildman–Crippen LogP) is 3.40. The molecule has 3 aromatic rings. The molecule has 0 aliphatic carbocycles. The average Bonchev–Trinajstić information content (AvgIpc) is 2.67. The molecule has 6 heteroatoms. The van der Waals surface area contributed by atoms with Crippen molar-refractivity contribution in [1.82, 2.24) is 10.3 Å². The van der Waals surface area contributed by atoms with E-state index in [2.05, 4.69) is 15.6 Å². The zero-order valence-electron chi connectivity index (χ0n) is 13.8. The van der Waals surface area contributed by atoms with E-state index in [0.717, 1.165) is 5.56 Å². The topological polar surface area (TPSA) is 71.1 Å². The number of carbonyl (C=O) groups is 2. The van der Waals surface area contributed by atoms with Gasteiger partial charge < -0.3 is 10.6 Å². The van der Waals surface area contributed by atoms with Gasteiger partial charge in [0, 0.05) is 12.2 Å². The summed E-state index contributed by atoms with van der Waals surface area (Å²) in [5.41, 5.74) is 1.48. The van der Waals surface area contributed by atoms with Crippen LogP contribution in [-0.4, -0.2) is 16.8 Å².